The first-order valence-corrected chi connectivity index (χ1v) is 18.1. The topological polar surface area (TPSA) is 17.8 Å². The van der Waals surface area contributed by atoms with E-state index in [4.69, 9.17) is 4.98 Å². The van der Waals surface area contributed by atoms with E-state index in [2.05, 4.69) is 175 Å². The number of hydrogen-bond acceptors (Lipinski definition) is 1. The molecule has 2 aliphatic carbocycles. The summed E-state index contributed by atoms with van der Waals surface area (Å²) in [5.74, 6) is 1.04. The van der Waals surface area contributed by atoms with Gasteiger partial charge < -0.3 is 4.57 Å². The number of fused-ring (bicyclic) bond motifs is 13. The van der Waals surface area contributed by atoms with Gasteiger partial charge in [0.05, 0.1) is 16.4 Å². The van der Waals surface area contributed by atoms with Gasteiger partial charge in [-0.25, -0.2) is 4.98 Å². The molecule has 0 saturated heterocycles. The SMILES string of the molecule is CCCn1c(-c2ccc(-c3ccc4cc5c(cc4c3)C3(c4ccccc4-c4ccccc43)c3cc4ccccc4cc3-5)cc2)nc2ccccc21. The number of para-hydroxylation sites is 2. The first-order chi connectivity index (χ1) is 25.2. The van der Waals surface area contributed by atoms with Crippen molar-refractivity contribution in [1.82, 2.24) is 9.55 Å². The van der Waals surface area contributed by atoms with E-state index in [1.807, 2.05) is 0 Å². The highest BCUT2D eigenvalue weighted by Crippen LogP contribution is 2.63. The van der Waals surface area contributed by atoms with E-state index < -0.39 is 0 Å². The van der Waals surface area contributed by atoms with Crippen LogP contribution in [0.25, 0.3) is 77.3 Å². The van der Waals surface area contributed by atoms with E-state index in [1.165, 1.54) is 82.7 Å². The molecule has 0 radical (unpaired) electrons. The molecular formula is C49H34N2. The Morgan fingerprint density at radius 1 is 0.451 bits per heavy atom. The van der Waals surface area contributed by atoms with Crippen LogP contribution in [0.4, 0.5) is 0 Å². The zero-order valence-electron chi connectivity index (χ0n) is 28.4. The number of imidazole rings is 1. The van der Waals surface area contributed by atoms with Crippen LogP contribution >= 0.6 is 0 Å². The van der Waals surface area contributed by atoms with Gasteiger partial charge in [0.1, 0.15) is 5.82 Å². The number of hydrogen-bond donors (Lipinski definition) is 0. The molecule has 1 aromatic heterocycles. The van der Waals surface area contributed by atoms with E-state index in [9.17, 15) is 0 Å². The van der Waals surface area contributed by atoms with Crippen LogP contribution in [0, 0.1) is 0 Å². The van der Waals surface area contributed by atoms with Crippen LogP contribution in [0.1, 0.15) is 35.6 Å². The van der Waals surface area contributed by atoms with Crippen molar-refractivity contribution in [2.45, 2.75) is 25.3 Å². The van der Waals surface area contributed by atoms with Gasteiger partial charge in [-0.3, -0.25) is 0 Å². The first kappa shape index (κ1) is 28.6. The van der Waals surface area contributed by atoms with Gasteiger partial charge in [0.2, 0.25) is 0 Å². The quantitative estimate of drug-likeness (QED) is 0.185. The molecule has 11 rings (SSSR count). The molecule has 51 heavy (non-hydrogen) atoms. The normalized spacial score (nSPS) is 13.5. The van der Waals surface area contributed by atoms with Crippen molar-refractivity contribution in [1.29, 1.82) is 0 Å². The molecule has 0 bridgehead atoms. The second-order valence-corrected chi connectivity index (χ2v) is 14.2. The molecule has 0 unspecified atom stereocenters. The Balaban J connectivity index is 1.10. The summed E-state index contributed by atoms with van der Waals surface area (Å²) in [7, 11) is 0. The van der Waals surface area contributed by atoms with Gasteiger partial charge in [-0.05, 0) is 126 Å². The fourth-order valence-electron chi connectivity index (χ4n) is 9.30. The van der Waals surface area contributed by atoms with Crippen molar-refractivity contribution in [2.75, 3.05) is 0 Å². The fourth-order valence-corrected chi connectivity index (χ4v) is 9.30. The zero-order valence-corrected chi connectivity index (χ0v) is 28.4. The van der Waals surface area contributed by atoms with Crippen LogP contribution in [0.2, 0.25) is 0 Å². The minimum absolute atomic E-state index is 0.377. The maximum atomic E-state index is 5.04. The summed E-state index contributed by atoms with van der Waals surface area (Å²) < 4.78 is 2.36. The highest BCUT2D eigenvalue weighted by atomic mass is 15.1. The Morgan fingerprint density at radius 2 is 1.00 bits per heavy atom. The second kappa shape index (κ2) is 10.6. The smallest absolute Gasteiger partial charge is 0.141 e. The number of benzene rings is 8. The van der Waals surface area contributed by atoms with Crippen molar-refractivity contribution < 1.29 is 0 Å². The first-order valence-electron chi connectivity index (χ1n) is 18.1. The van der Waals surface area contributed by atoms with E-state index in [0.717, 1.165) is 29.9 Å². The highest BCUT2D eigenvalue weighted by molar-refractivity contribution is 6.03. The van der Waals surface area contributed by atoms with Crippen LogP contribution < -0.4 is 0 Å². The van der Waals surface area contributed by atoms with Crippen LogP contribution in [-0.2, 0) is 12.0 Å². The fraction of sp³-hybridized carbons (Fsp3) is 0.0816. The summed E-state index contributed by atoms with van der Waals surface area (Å²) in [6.07, 6.45) is 1.06. The van der Waals surface area contributed by atoms with Gasteiger partial charge in [-0.1, -0.05) is 128 Å². The minimum atomic E-state index is -0.377. The Bertz CT molecular complexity index is 2830. The third kappa shape index (κ3) is 3.90. The molecule has 0 saturated carbocycles. The molecule has 2 heteroatoms. The van der Waals surface area contributed by atoms with E-state index in [1.54, 1.807) is 0 Å². The standard InChI is InChI=1S/C49H34N2/c1-2-25-51-47-18-10-9-17-46(47)50-48(51)32-21-19-31(20-22-32)35-23-24-36-28-41-40-27-33-11-3-4-12-34(33)29-44(40)49(45(41)30-37(36)26-35)42-15-7-5-13-38(42)39-14-6-8-16-43(39)49/h3-24,26-30H,2,25H2,1H3. The predicted octanol–water partition coefficient (Wildman–Crippen LogP) is 12.4. The molecule has 1 heterocycles. The number of rotatable bonds is 4. The summed E-state index contributed by atoms with van der Waals surface area (Å²) in [6.45, 7) is 3.17. The molecule has 240 valence electrons. The largest absolute Gasteiger partial charge is 0.324 e. The molecule has 8 aromatic carbocycles. The lowest BCUT2D eigenvalue weighted by Gasteiger charge is -2.30. The number of aromatic nitrogens is 2. The lowest BCUT2D eigenvalue weighted by Crippen LogP contribution is -2.25. The van der Waals surface area contributed by atoms with Crippen molar-refractivity contribution in [3.8, 4) is 44.8 Å². The van der Waals surface area contributed by atoms with E-state index in [-0.39, 0.29) is 5.41 Å². The Kier molecular flexibility index (Phi) is 5.95. The summed E-state index contributed by atoms with van der Waals surface area (Å²) in [5, 5.41) is 5.09. The van der Waals surface area contributed by atoms with Crippen molar-refractivity contribution in [3.05, 3.63) is 186 Å². The molecule has 0 atom stereocenters. The highest BCUT2D eigenvalue weighted by Gasteiger charge is 2.51. The third-order valence-electron chi connectivity index (χ3n) is 11.5. The third-order valence-corrected chi connectivity index (χ3v) is 11.5. The van der Waals surface area contributed by atoms with Crippen molar-refractivity contribution in [2.24, 2.45) is 0 Å². The van der Waals surface area contributed by atoms with Gasteiger partial charge in [-0.15, -0.1) is 0 Å². The Morgan fingerprint density at radius 3 is 1.71 bits per heavy atom. The van der Waals surface area contributed by atoms with Crippen LogP contribution in [-0.4, -0.2) is 9.55 Å². The Hall–Kier alpha value is -6.25. The minimum Gasteiger partial charge on any atom is -0.324 e. The van der Waals surface area contributed by atoms with E-state index in [0.29, 0.717) is 0 Å². The maximum Gasteiger partial charge on any atom is 0.141 e. The van der Waals surface area contributed by atoms with Crippen molar-refractivity contribution in [3.63, 3.8) is 0 Å². The van der Waals surface area contributed by atoms with Gasteiger partial charge in [0.25, 0.3) is 0 Å². The van der Waals surface area contributed by atoms with Gasteiger partial charge in [0, 0.05) is 12.1 Å². The molecular weight excluding hydrogens is 617 g/mol. The second-order valence-electron chi connectivity index (χ2n) is 14.2. The number of aryl methyl sites for hydroxylation is 1. The summed E-state index contributed by atoms with van der Waals surface area (Å²) >= 11 is 0. The van der Waals surface area contributed by atoms with Crippen molar-refractivity contribution >= 4 is 32.6 Å². The summed E-state index contributed by atoms with van der Waals surface area (Å²) in [6, 6.07) is 61.2. The molecule has 0 fully saturated rings. The molecule has 2 nitrogen and oxygen atoms in total. The van der Waals surface area contributed by atoms with Gasteiger partial charge in [-0.2, -0.15) is 0 Å². The van der Waals surface area contributed by atoms with Gasteiger partial charge in [0.15, 0.2) is 0 Å². The zero-order chi connectivity index (χ0) is 33.7. The maximum absolute atomic E-state index is 5.04. The van der Waals surface area contributed by atoms with E-state index >= 15 is 0 Å². The summed E-state index contributed by atoms with van der Waals surface area (Å²) in [4.78, 5) is 5.04. The molecule has 0 N–H and O–H groups in total. The lowest BCUT2D eigenvalue weighted by molar-refractivity contribution is 0.704. The average Bonchev–Trinajstić information content (AvgIpc) is 3.80. The van der Waals surface area contributed by atoms with Gasteiger partial charge >= 0.3 is 0 Å². The van der Waals surface area contributed by atoms with Crippen LogP contribution in [0.15, 0.2) is 164 Å². The lowest BCUT2D eigenvalue weighted by atomic mass is 9.70. The molecule has 2 aliphatic rings. The van der Waals surface area contributed by atoms with Crippen LogP contribution in [0.3, 0.4) is 0 Å². The molecule has 9 aromatic rings. The summed E-state index contributed by atoms with van der Waals surface area (Å²) in [5.41, 5.74) is 16.3. The average molecular weight is 651 g/mol. The number of nitrogens with zero attached hydrogens (tertiary/aromatic N) is 2. The predicted molar refractivity (Wildman–Crippen MR) is 212 cm³/mol. The monoisotopic (exact) mass is 650 g/mol. The molecule has 0 amide bonds. The molecule has 0 aliphatic heterocycles. The van der Waals surface area contributed by atoms with Crippen LogP contribution in [0.5, 0.6) is 0 Å². The molecule has 1 spiro atoms. The Labute approximate surface area is 297 Å².